The summed E-state index contributed by atoms with van der Waals surface area (Å²) in [5.41, 5.74) is -0.659. The fraction of sp³-hybridized carbons (Fsp3) is 0.882. The predicted octanol–water partition coefficient (Wildman–Crippen LogP) is 2.86. The molecule has 1 aliphatic carbocycles. The lowest BCUT2D eigenvalue weighted by molar-refractivity contribution is -0.157. The number of carbonyl (C=O) groups excluding carboxylic acids is 2. The summed E-state index contributed by atoms with van der Waals surface area (Å²) >= 11 is 0. The Morgan fingerprint density at radius 1 is 1.14 bits per heavy atom. The van der Waals surface area contributed by atoms with Crippen molar-refractivity contribution in [2.45, 2.75) is 83.7 Å². The number of unbranched alkanes of at least 4 members (excludes halogenated alkanes) is 4. The molecular formula is C17H30N2O2. The van der Waals surface area contributed by atoms with E-state index in [-0.39, 0.29) is 17.9 Å². The third kappa shape index (κ3) is 3.41. The maximum absolute atomic E-state index is 12.8. The molecule has 1 N–H and O–H groups in total. The number of nitrogens with zero attached hydrogens (tertiary/aromatic N) is 1. The smallest absolute Gasteiger partial charge is 0.246 e. The molecule has 2 atom stereocenters. The molecule has 2 amide bonds. The molecule has 0 aromatic carbocycles. The molecule has 2 unspecified atom stereocenters. The van der Waals surface area contributed by atoms with Crippen molar-refractivity contribution in [3.8, 4) is 0 Å². The number of hydrogen-bond acceptors (Lipinski definition) is 2. The van der Waals surface area contributed by atoms with Crippen molar-refractivity contribution >= 4 is 11.8 Å². The fourth-order valence-electron chi connectivity index (χ4n) is 3.22. The van der Waals surface area contributed by atoms with Crippen LogP contribution >= 0.6 is 0 Å². The summed E-state index contributed by atoms with van der Waals surface area (Å²) in [4.78, 5) is 27.1. The van der Waals surface area contributed by atoms with Gasteiger partial charge in [-0.2, -0.15) is 0 Å². The Morgan fingerprint density at radius 3 is 2.38 bits per heavy atom. The number of rotatable bonds is 8. The summed E-state index contributed by atoms with van der Waals surface area (Å²) < 4.78 is 0. The molecule has 4 nitrogen and oxygen atoms in total. The van der Waals surface area contributed by atoms with Crippen LogP contribution in [0.1, 0.15) is 72.1 Å². The molecule has 0 bridgehead atoms. The Hall–Kier alpha value is -1.06. The number of hydrogen-bond donors (Lipinski definition) is 1. The van der Waals surface area contributed by atoms with Gasteiger partial charge in [0, 0.05) is 6.54 Å². The summed E-state index contributed by atoms with van der Waals surface area (Å²) in [5, 5.41) is 2.98. The van der Waals surface area contributed by atoms with Gasteiger partial charge in [-0.15, -0.1) is 0 Å². The van der Waals surface area contributed by atoms with Crippen molar-refractivity contribution < 1.29 is 9.59 Å². The molecule has 0 radical (unpaired) electrons. The first kappa shape index (κ1) is 16.3. The highest BCUT2D eigenvalue weighted by molar-refractivity contribution is 5.99. The zero-order valence-electron chi connectivity index (χ0n) is 13.8. The quantitative estimate of drug-likeness (QED) is 0.700. The second-order valence-electron chi connectivity index (χ2n) is 6.82. The number of carbonyl (C=O) groups is 2. The summed E-state index contributed by atoms with van der Waals surface area (Å²) in [6, 6.07) is -0.257. The minimum absolute atomic E-state index is 0.0371. The van der Waals surface area contributed by atoms with Crippen molar-refractivity contribution in [2.24, 2.45) is 5.92 Å². The van der Waals surface area contributed by atoms with Crippen molar-refractivity contribution in [3.05, 3.63) is 0 Å². The van der Waals surface area contributed by atoms with E-state index in [1.165, 1.54) is 19.3 Å². The van der Waals surface area contributed by atoms with Gasteiger partial charge in [-0.3, -0.25) is 9.59 Å². The van der Waals surface area contributed by atoms with Crippen LogP contribution < -0.4 is 5.32 Å². The van der Waals surface area contributed by atoms with E-state index in [1.807, 2.05) is 18.7 Å². The molecule has 2 fully saturated rings. The van der Waals surface area contributed by atoms with Gasteiger partial charge in [0.05, 0.1) is 0 Å². The fourth-order valence-corrected chi connectivity index (χ4v) is 3.22. The van der Waals surface area contributed by atoms with Crippen LogP contribution in [-0.4, -0.2) is 34.8 Å². The minimum atomic E-state index is -0.659. The van der Waals surface area contributed by atoms with E-state index in [9.17, 15) is 9.59 Å². The van der Waals surface area contributed by atoms with Gasteiger partial charge in [0.1, 0.15) is 11.6 Å². The SMILES string of the molecule is CCCCCCCN1C(=O)C(C2CC2)NC(=O)C1(C)CC. The summed E-state index contributed by atoms with van der Waals surface area (Å²) in [6.07, 6.45) is 8.68. The Bertz CT molecular complexity index is 392. The average molecular weight is 294 g/mol. The molecule has 1 aliphatic heterocycles. The first-order chi connectivity index (χ1) is 10.0. The van der Waals surface area contributed by atoms with Crippen molar-refractivity contribution in [2.75, 3.05) is 6.54 Å². The van der Waals surface area contributed by atoms with Crippen molar-refractivity contribution in [1.29, 1.82) is 0 Å². The first-order valence-electron chi connectivity index (χ1n) is 8.67. The zero-order valence-corrected chi connectivity index (χ0v) is 13.8. The number of nitrogens with one attached hydrogen (secondary N) is 1. The van der Waals surface area contributed by atoms with E-state index in [0.29, 0.717) is 12.3 Å². The molecule has 4 heteroatoms. The van der Waals surface area contributed by atoms with E-state index >= 15 is 0 Å². The van der Waals surface area contributed by atoms with Gasteiger partial charge in [0.15, 0.2) is 0 Å². The standard InChI is InChI=1S/C17H30N2O2/c1-4-6-7-8-9-12-19-15(20)14(13-10-11-13)18-16(21)17(19,3)5-2/h13-14H,4-12H2,1-3H3,(H,18,21). The molecule has 0 aromatic rings. The largest absolute Gasteiger partial charge is 0.342 e. The summed E-state index contributed by atoms with van der Waals surface area (Å²) in [5.74, 6) is 0.567. The molecule has 1 saturated heterocycles. The van der Waals surface area contributed by atoms with E-state index in [0.717, 1.165) is 32.2 Å². The van der Waals surface area contributed by atoms with Crippen LogP contribution in [0.4, 0.5) is 0 Å². The van der Waals surface area contributed by atoms with Crippen LogP contribution in [0.25, 0.3) is 0 Å². The maximum Gasteiger partial charge on any atom is 0.246 e. The first-order valence-corrected chi connectivity index (χ1v) is 8.67. The molecule has 1 heterocycles. The average Bonchev–Trinajstić information content (AvgIpc) is 3.30. The van der Waals surface area contributed by atoms with Crippen molar-refractivity contribution in [3.63, 3.8) is 0 Å². The van der Waals surface area contributed by atoms with E-state index in [2.05, 4.69) is 12.2 Å². The lowest BCUT2D eigenvalue weighted by atomic mass is 9.89. The molecular weight excluding hydrogens is 264 g/mol. The lowest BCUT2D eigenvalue weighted by Gasteiger charge is -2.46. The summed E-state index contributed by atoms with van der Waals surface area (Å²) in [6.45, 7) is 6.83. The van der Waals surface area contributed by atoms with Crippen LogP contribution in [0.15, 0.2) is 0 Å². The van der Waals surface area contributed by atoms with Crippen LogP contribution in [-0.2, 0) is 9.59 Å². The molecule has 2 aliphatic rings. The molecule has 2 rings (SSSR count). The van der Waals surface area contributed by atoms with E-state index in [4.69, 9.17) is 0 Å². The minimum Gasteiger partial charge on any atom is -0.342 e. The zero-order chi connectivity index (χ0) is 15.5. The second-order valence-corrected chi connectivity index (χ2v) is 6.82. The Balaban J connectivity index is 2.00. The normalized spacial score (nSPS) is 29.7. The molecule has 21 heavy (non-hydrogen) atoms. The maximum atomic E-state index is 12.8. The van der Waals surface area contributed by atoms with E-state index in [1.54, 1.807) is 0 Å². The van der Waals surface area contributed by atoms with Gasteiger partial charge in [-0.1, -0.05) is 39.5 Å². The molecule has 0 aromatic heterocycles. The molecule has 120 valence electrons. The van der Waals surface area contributed by atoms with Gasteiger partial charge in [-0.25, -0.2) is 0 Å². The number of piperazine rings is 1. The van der Waals surface area contributed by atoms with Crippen molar-refractivity contribution in [1.82, 2.24) is 10.2 Å². The monoisotopic (exact) mass is 294 g/mol. The van der Waals surface area contributed by atoms with Crippen LogP contribution in [0.2, 0.25) is 0 Å². The van der Waals surface area contributed by atoms with E-state index < -0.39 is 5.54 Å². The van der Waals surface area contributed by atoms with Gasteiger partial charge < -0.3 is 10.2 Å². The second kappa shape index (κ2) is 6.80. The number of amides is 2. The Labute approximate surface area is 128 Å². The highest BCUT2D eigenvalue weighted by atomic mass is 16.2. The molecule has 0 spiro atoms. The third-order valence-electron chi connectivity index (χ3n) is 5.17. The topological polar surface area (TPSA) is 49.4 Å². The third-order valence-corrected chi connectivity index (χ3v) is 5.17. The highest BCUT2D eigenvalue weighted by Crippen LogP contribution is 2.37. The van der Waals surface area contributed by atoms with Crippen LogP contribution in [0, 0.1) is 5.92 Å². The van der Waals surface area contributed by atoms with Crippen LogP contribution in [0.3, 0.4) is 0 Å². The molecule has 1 saturated carbocycles. The summed E-state index contributed by atoms with van der Waals surface area (Å²) in [7, 11) is 0. The van der Waals surface area contributed by atoms with Crippen LogP contribution in [0.5, 0.6) is 0 Å². The van der Waals surface area contributed by atoms with Gasteiger partial charge in [-0.05, 0) is 38.5 Å². The highest BCUT2D eigenvalue weighted by Gasteiger charge is 2.51. The van der Waals surface area contributed by atoms with Gasteiger partial charge >= 0.3 is 0 Å². The van der Waals surface area contributed by atoms with Gasteiger partial charge in [0.2, 0.25) is 11.8 Å². The predicted molar refractivity (Wildman–Crippen MR) is 83.8 cm³/mol. The van der Waals surface area contributed by atoms with Gasteiger partial charge in [0.25, 0.3) is 0 Å². The lowest BCUT2D eigenvalue weighted by Crippen LogP contribution is -2.69. The Kier molecular flexibility index (Phi) is 5.28. The Morgan fingerprint density at radius 2 is 1.81 bits per heavy atom.